The molecule has 0 radical (unpaired) electrons. The van der Waals surface area contributed by atoms with Crippen molar-refractivity contribution in [2.75, 3.05) is 0 Å². The molecule has 0 bridgehead atoms. The Labute approximate surface area is 78.0 Å². The molecule has 1 aromatic rings. The summed E-state index contributed by atoms with van der Waals surface area (Å²) in [5.41, 5.74) is 0. The van der Waals surface area contributed by atoms with Gasteiger partial charge in [-0.1, -0.05) is 0 Å². The molecule has 1 heterocycles. The average Bonchev–Trinajstić information content (AvgIpc) is 2.52. The van der Waals surface area contributed by atoms with Gasteiger partial charge in [-0.05, 0) is 6.92 Å². The fourth-order valence-corrected chi connectivity index (χ4v) is 0.689. The Morgan fingerprint density at radius 3 is 2.08 bits per heavy atom. The second kappa shape index (κ2) is 8.25. The maximum atomic E-state index is 7.26. The summed E-state index contributed by atoms with van der Waals surface area (Å²) in [5, 5.41) is 14.5. The number of nitriles is 2. The SMILES string of the molecule is CC[n+]1ccn(C)c1.N.N#CC#N. The smallest absolute Gasteiger partial charge is 0.243 e. The molecule has 3 N–H and O–H groups in total. The van der Waals surface area contributed by atoms with Crippen LogP contribution in [0.5, 0.6) is 0 Å². The van der Waals surface area contributed by atoms with Gasteiger partial charge in [0.2, 0.25) is 6.33 Å². The Balaban J connectivity index is 0. The Hall–Kier alpha value is -1.85. The molecule has 0 unspecified atom stereocenters. The van der Waals surface area contributed by atoms with Gasteiger partial charge in [0, 0.05) is 0 Å². The van der Waals surface area contributed by atoms with Crippen molar-refractivity contribution in [2.45, 2.75) is 13.5 Å². The van der Waals surface area contributed by atoms with Crippen LogP contribution in [0.1, 0.15) is 6.92 Å². The highest BCUT2D eigenvalue weighted by Crippen LogP contribution is 1.74. The summed E-state index contributed by atoms with van der Waals surface area (Å²) in [5.74, 6) is 0. The average molecular weight is 180 g/mol. The summed E-state index contributed by atoms with van der Waals surface area (Å²) < 4.78 is 4.16. The summed E-state index contributed by atoms with van der Waals surface area (Å²) in [4.78, 5) is 0. The predicted octanol–water partition coefficient (Wildman–Crippen LogP) is 0.528. The Morgan fingerprint density at radius 2 is 1.92 bits per heavy atom. The molecular weight excluding hydrogens is 166 g/mol. The molecule has 0 aliphatic rings. The number of hydrogen-bond donors (Lipinski definition) is 1. The second-order valence-electron chi connectivity index (χ2n) is 2.13. The highest BCUT2D eigenvalue weighted by Gasteiger charge is 1.92. The maximum absolute atomic E-state index is 7.26. The lowest BCUT2D eigenvalue weighted by Crippen LogP contribution is -2.28. The van der Waals surface area contributed by atoms with E-state index in [0.29, 0.717) is 0 Å². The zero-order valence-corrected chi connectivity index (χ0v) is 7.94. The highest BCUT2D eigenvalue weighted by atomic mass is 15.1. The first-order valence-corrected chi connectivity index (χ1v) is 3.53. The zero-order chi connectivity index (χ0) is 9.40. The lowest BCUT2D eigenvalue weighted by Gasteiger charge is -1.81. The van der Waals surface area contributed by atoms with Gasteiger partial charge in [-0.25, -0.2) is 9.13 Å². The first-order chi connectivity index (χ1) is 5.74. The van der Waals surface area contributed by atoms with Gasteiger partial charge in [-0.3, -0.25) is 0 Å². The number of hydrogen-bond acceptors (Lipinski definition) is 3. The summed E-state index contributed by atoms with van der Waals surface area (Å²) in [6, 6.07) is 2.47. The quantitative estimate of drug-likeness (QED) is 0.639. The molecular formula is C8H14N5+. The third-order valence-corrected chi connectivity index (χ3v) is 1.24. The van der Waals surface area contributed by atoms with Gasteiger partial charge in [0.05, 0.1) is 13.6 Å². The first kappa shape index (κ1) is 13.7. The van der Waals surface area contributed by atoms with Gasteiger partial charge in [0.25, 0.3) is 0 Å². The zero-order valence-electron chi connectivity index (χ0n) is 7.94. The van der Waals surface area contributed by atoms with E-state index in [1.165, 1.54) is 12.1 Å². The van der Waals surface area contributed by atoms with E-state index < -0.39 is 0 Å². The van der Waals surface area contributed by atoms with Crippen molar-refractivity contribution in [3.8, 4) is 12.1 Å². The maximum Gasteiger partial charge on any atom is 0.243 e. The first-order valence-electron chi connectivity index (χ1n) is 3.53. The number of nitrogens with zero attached hydrogens (tertiary/aromatic N) is 4. The Morgan fingerprint density at radius 1 is 1.38 bits per heavy atom. The van der Waals surface area contributed by atoms with Crippen LogP contribution in [0.25, 0.3) is 0 Å². The van der Waals surface area contributed by atoms with E-state index in [-0.39, 0.29) is 6.15 Å². The molecule has 0 aliphatic carbocycles. The molecule has 1 rings (SSSR count). The lowest BCUT2D eigenvalue weighted by molar-refractivity contribution is -0.693. The fourth-order valence-electron chi connectivity index (χ4n) is 0.689. The minimum absolute atomic E-state index is 0. The monoisotopic (exact) mass is 180 g/mol. The third kappa shape index (κ3) is 6.54. The molecule has 5 nitrogen and oxygen atoms in total. The molecule has 0 fully saturated rings. The molecule has 0 spiro atoms. The normalized spacial score (nSPS) is 6.77. The minimum atomic E-state index is 0. The standard InChI is InChI=1S/C6H11N2.C2N2.H3N/c1-3-8-5-4-7(2)6-8;3-1-2-4;/h4-6H,3H2,1-2H3;;1H3/q+1;;. The Bertz CT molecular complexity index is 289. The molecule has 0 saturated carbocycles. The molecule has 0 atom stereocenters. The van der Waals surface area contributed by atoms with Crippen molar-refractivity contribution in [1.29, 1.82) is 10.5 Å². The van der Waals surface area contributed by atoms with Crippen molar-refractivity contribution in [2.24, 2.45) is 7.05 Å². The highest BCUT2D eigenvalue weighted by molar-refractivity contribution is 4.99. The van der Waals surface area contributed by atoms with Crippen LogP contribution in [0.3, 0.4) is 0 Å². The van der Waals surface area contributed by atoms with E-state index in [0.717, 1.165) is 6.54 Å². The van der Waals surface area contributed by atoms with Crippen LogP contribution in [-0.4, -0.2) is 4.57 Å². The summed E-state index contributed by atoms with van der Waals surface area (Å²) >= 11 is 0. The number of aromatic nitrogens is 2. The molecule has 70 valence electrons. The van der Waals surface area contributed by atoms with Crippen LogP contribution >= 0.6 is 0 Å². The minimum Gasteiger partial charge on any atom is -0.344 e. The van der Waals surface area contributed by atoms with Crippen LogP contribution in [0.15, 0.2) is 18.7 Å². The predicted molar refractivity (Wildman–Crippen MR) is 47.5 cm³/mol. The van der Waals surface area contributed by atoms with Gasteiger partial charge in [0.1, 0.15) is 12.4 Å². The van der Waals surface area contributed by atoms with Gasteiger partial charge in [-0.2, -0.15) is 10.5 Å². The number of imidazole rings is 1. The molecule has 13 heavy (non-hydrogen) atoms. The van der Waals surface area contributed by atoms with Crippen LogP contribution in [0.4, 0.5) is 0 Å². The molecule has 0 amide bonds. The van der Waals surface area contributed by atoms with Crippen molar-refractivity contribution in [1.82, 2.24) is 10.7 Å². The molecule has 0 aliphatic heterocycles. The van der Waals surface area contributed by atoms with Crippen LogP contribution in [-0.2, 0) is 13.6 Å². The van der Waals surface area contributed by atoms with E-state index in [1.807, 2.05) is 17.8 Å². The fraction of sp³-hybridized carbons (Fsp3) is 0.375. The molecule has 5 heteroatoms. The van der Waals surface area contributed by atoms with Crippen LogP contribution in [0, 0.1) is 22.7 Å². The summed E-state index contributed by atoms with van der Waals surface area (Å²) in [6.07, 6.45) is 6.14. The van der Waals surface area contributed by atoms with Gasteiger partial charge in [0.15, 0.2) is 12.1 Å². The lowest BCUT2D eigenvalue weighted by atomic mass is 10.7. The molecule has 0 saturated heterocycles. The summed E-state index contributed by atoms with van der Waals surface area (Å²) in [6.45, 7) is 3.18. The third-order valence-electron chi connectivity index (χ3n) is 1.24. The van der Waals surface area contributed by atoms with Crippen molar-refractivity contribution >= 4 is 0 Å². The van der Waals surface area contributed by atoms with Crippen LogP contribution in [0.2, 0.25) is 0 Å². The van der Waals surface area contributed by atoms with Gasteiger partial charge < -0.3 is 6.15 Å². The van der Waals surface area contributed by atoms with E-state index in [9.17, 15) is 0 Å². The Kier molecular flexibility index (Phi) is 8.71. The van der Waals surface area contributed by atoms with Gasteiger partial charge in [-0.15, -0.1) is 0 Å². The van der Waals surface area contributed by atoms with Gasteiger partial charge >= 0.3 is 0 Å². The van der Waals surface area contributed by atoms with Crippen molar-refractivity contribution < 1.29 is 4.57 Å². The van der Waals surface area contributed by atoms with E-state index in [4.69, 9.17) is 10.5 Å². The van der Waals surface area contributed by atoms with E-state index >= 15 is 0 Å². The summed E-state index contributed by atoms with van der Waals surface area (Å²) in [7, 11) is 2.02. The van der Waals surface area contributed by atoms with Crippen LogP contribution < -0.4 is 10.7 Å². The van der Waals surface area contributed by atoms with E-state index in [1.54, 1.807) is 0 Å². The largest absolute Gasteiger partial charge is 0.344 e. The number of aryl methyl sites for hydroxylation is 2. The van der Waals surface area contributed by atoms with Crippen molar-refractivity contribution in [3.63, 3.8) is 0 Å². The molecule has 1 aromatic heterocycles. The molecule has 0 aromatic carbocycles. The van der Waals surface area contributed by atoms with Crippen molar-refractivity contribution in [3.05, 3.63) is 18.7 Å². The number of rotatable bonds is 1. The van der Waals surface area contributed by atoms with E-state index in [2.05, 4.69) is 24.0 Å². The second-order valence-corrected chi connectivity index (χ2v) is 2.13. The topological polar surface area (TPSA) is 91.4 Å².